The molecule has 0 radical (unpaired) electrons. The first-order valence-corrected chi connectivity index (χ1v) is 8.26. The number of hydrogen-bond donors (Lipinski definition) is 0. The average Bonchev–Trinajstić information content (AvgIpc) is 2.49. The van der Waals surface area contributed by atoms with Gasteiger partial charge in [-0.15, -0.1) is 13.2 Å². The number of unbranched alkanes of at least 4 members (excludes halogenated alkanes) is 7. The molecule has 0 heterocycles. The lowest BCUT2D eigenvalue weighted by Gasteiger charge is -2.05. The molecule has 0 aromatic heterocycles. The van der Waals surface area contributed by atoms with Gasteiger partial charge in [0.25, 0.3) is 0 Å². The Morgan fingerprint density at radius 2 is 1.48 bits per heavy atom. The molecule has 0 unspecified atom stereocenters. The van der Waals surface area contributed by atoms with Gasteiger partial charge in [0.1, 0.15) is 0 Å². The molecule has 0 spiro atoms. The maximum atomic E-state index is 11.5. The Hall–Kier alpha value is -1.09. The predicted octanol–water partition coefficient (Wildman–Crippen LogP) is 4.82. The molecule has 0 saturated heterocycles. The molecule has 3 heteroatoms. The monoisotopic (exact) mass is 296 g/mol. The number of ether oxygens (including phenoxy) is 2. The molecule has 122 valence electrons. The van der Waals surface area contributed by atoms with Crippen LogP contribution in [0.2, 0.25) is 0 Å². The number of rotatable bonds is 16. The predicted molar refractivity (Wildman–Crippen MR) is 88.3 cm³/mol. The quantitative estimate of drug-likeness (QED) is 0.233. The molecule has 0 aliphatic heterocycles. The highest BCUT2D eigenvalue weighted by molar-refractivity contribution is 5.69. The van der Waals surface area contributed by atoms with Crippen molar-refractivity contribution in [3.05, 3.63) is 25.3 Å². The molecule has 0 aliphatic rings. The van der Waals surface area contributed by atoms with Crippen molar-refractivity contribution in [1.82, 2.24) is 0 Å². The molecule has 21 heavy (non-hydrogen) atoms. The topological polar surface area (TPSA) is 35.5 Å². The van der Waals surface area contributed by atoms with Crippen LogP contribution in [0.4, 0.5) is 0 Å². The van der Waals surface area contributed by atoms with E-state index in [0.717, 1.165) is 32.1 Å². The second-order valence-electron chi connectivity index (χ2n) is 5.24. The van der Waals surface area contributed by atoms with Crippen LogP contribution >= 0.6 is 0 Å². The Bertz CT molecular complexity index is 261. The fourth-order valence-electron chi connectivity index (χ4n) is 2.00. The van der Waals surface area contributed by atoms with Gasteiger partial charge < -0.3 is 9.47 Å². The summed E-state index contributed by atoms with van der Waals surface area (Å²) >= 11 is 0. The summed E-state index contributed by atoms with van der Waals surface area (Å²) in [5, 5.41) is 0. The lowest BCUT2D eigenvalue weighted by molar-refractivity contribution is -0.144. The number of allylic oxidation sites excluding steroid dienone is 1. The summed E-state index contributed by atoms with van der Waals surface area (Å²) in [6, 6.07) is 0. The van der Waals surface area contributed by atoms with E-state index in [0.29, 0.717) is 26.2 Å². The van der Waals surface area contributed by atoms with E-state index in [1.165, 1.54) is 25.7 Å². The van der Waals surface area contributed by atoms with E-state index in [9.17, 15) is 4.79 Å². The van der Waals surface area contributed by atoms with Crippen molar-refractivity contribution in [3.8, 4) is 0 Å². The van der Waals surface area contributed by atoms with Crippen molar-refractivity contribution in [2.45, 2.75) is 64.2 Å². The smallest absolute Gasteiger partial charge is 0.305 e. The highest BCUT2D eigenvalue weighted by Crippen LogP contribution is 2.09. The normalized spacial score (nSPS) is 10.3. The van der Waals surface area contributed by atoms with Crippen LogP contribution in [0.5, 0.6) is 0 Å². The van der Waals surface area contributed by atoms with Crippen LogP contribution in [0.1, 0.15) is 64.2 Å². The van der Waals surface area contributed by atoms with E-state index in [4.69, 9.17) is 9.47 Å². The molecule has 3 nitrogen and oxygen atoms in total. The van der Waals surface area contributed by atoms with E-state index in [1.807, 2.05) is 6.08 Å². The zero-order chi connectivity index (χ0) is 15.6. The van der Waals surface area contributed by atoms with Crippen molar-refractivity contribution in [3.63, 3.8) is 0 Å². The highest BCUT2D eigenvalue weighted by Gasteiger charge is 2.02. The van der Waals surface area contributed by atoms with Gasteiger partial charge in [0, 0.05) is 13.0 Å². The SMILES string of the molecule is C=CCCCCCCCCC(=O)OCCCCOCC=C. The van der Waals surface area contributed by atoms with Gasteiger partial charge in [-0.05, 0) is 32.1 Å². The van der Waals surface area contributed by atoms with Gasteiger partial charge >= 0.3 is 5.97 Å². The van der Waals surface area contributed by atoms with E-state index in [2.05, 4.69) is 13.2 Å². The highest BCUT2D eigenvalue weighted by atomic mass is 16.5. The average molecular weight is 296 g/mol. The van der Waals surface area contributed by atoms with Gasteiger partial charge in [-0.25, -0.2) is 0 Å². The zero-order valence-electron chi connectivity index (χ0n) is 13.5. The number of hydrogen-bond acceptors (Lipinski definition) is 3. The van der Waals surface area contributed by atoms with Gasteiger partial charge in [-0.3, -0.25) is 4.79 Å². The standard InChI is InChI=1S/C18H32O3/c1-3-5-6-7-8-9-10-11-14-18(19)21-17-13-12-16-20-15-4-2/h3-4H,1-2,5-17H2. The summed E-state index contributed by atoms with van der Waals surface area (Å²) in [5.74, 6) is -0.0614. The molecule has 0 rings (SSSR count). The lowest BCUT2D eigenvalue weighted by atomic mass is 10.1. The molecular formula is C18H32O3. The van der Waals surface area contributed by atoms with E-state index in [-0.39, 0.29) is 5.97 Å². The zero-order valence-corrected chi connectivity index (χ0v) is 13.5. The van der Waals surface area contributed by atoms with Crippen LogP contribution in [-0.4, -0.2) is 25.8 Å². The van der Waals surface area contributed by atoms with Gasteiger partial charge in [-0.1, -0.05) is 37.8 Å². The van der Waals surface area contributed by atoms with Crippen LogP contribution < -0.4 is 0 Å². The summed E-state index contributed by atoms with van der Waals surface area (Å²) in [6.45, 7) is 9.10. The molecule has 0 bridgehead atoms. The van der Waals surface area contributed by atoms with Crippen molar-refractivity contribution in [2.24, 2.45) is 0 Å². The Morgan fingerprint density at radius 1 is 0.810 bits per heavy atom. The molecule has 0 aromatic rings. The van der Waals surface area contributed by atoms with E-state index >= 15 is 0 Å². The Balaban J connectivity index is 3.16. The molecule has 0 aromatic carbocycles. The van der Waals surface area contributed by atoms with Crippen molar-refractivity contribution in [1.29, 1.82) is 0 Å². The molecule has 0 aliphatic carbocycles. The fraction of sp³-hybridized carbons (Fsp3) is 0.722. The Kier molecular flexibility index (Phi) is 16.1. The summed E-state index contributed by atoms with van der Waals surface area (Å²) in [5.41, 5.74) is 0. The van der Waals surface area contributed by atoms with Crippen LogP contribution in [0.3, 0.4) is 0 Å². The molecule has 0 amide bonds. The lowest BCUT2D eigenvalue weighted by Crippen LogP contribution is -2.06. The first-order valence-electron chi connectivity index (χ1n) is 8.26. The third kappa shape index (κ3) is 16.9. The molecule has 0 atom stereocenters. The van der Waals surface area contributed by atoms with Crippen molar-refractivity contribution < 1.29 is 14.3 Å². The molecule has 0 fully saturated rings. The van der Waals surface area contributed by atoms with Crippen molar-refractivity contribution >= 4 is 5.97 Å². The minimum absolute atomic E-state index is 0.0614. The second kappa shape index (κ2) is 17.0. The first kappa shape index (κ1) is 19.9. The molecule has 0 saturated carbocycles. The van der Waals surface area contributed by atoms with Crippen molar-refractivity contribution in [2.75, 3.05) is 19.8 Å². The fourth-order valence-corrected chi connectivity index (χ4v) is 2.00. The van der Waals surface area contributed by atoms with Gasteiger partial charge in [-0.2, -0.15) is 0 Å². The maximum absolute atomic E-state index is 11.5. The van der Waals surface area contributed by atoms with Crippen LogP contribution in [0.25, 0.3) is 0 Å². The van der Waals surface area contributed by atoms with Crippen LogP contribution in [0.15, 0.2) is 25.3 Å². The number of carbonyl (C=O) groups is 1. The maximum Gasteiger partial charge on any atom is 0.305 e. The Labute approximate surface area is 130 Å². The Morgan fingerprint density at radius 3 is 2.19 bits per heavy atom. The second-order valence-corrected chi connectivity index (χ2v) is 5.24. The van der Waals surface area contributed by atoms with Crippen LogP contribution in [-0.2, 0) is 14.3 Å². The summed E-state index contributed by atoms with van der Waals surface area (Å²) in [6.07, 6.45) is 14.2. The van der Waals surface area contributed by atoms with Gasteiger partial charge in [0.2, 0.25) is 0 Å². The summed E-state index contributed by atoms with van der Waals surface area (Å²) in [7, 11) is 0. The van der Waals surface area contributed by atoms with Crippen LogP contribution in [0, 0.1) is 0 Å². The minimum atomic E-state index is -0.0614. The third-order valence-electron chi connectivity index (χ3n) is 3.22. The largest absolute Gasteiger partial charge is 0.466 e. The molecular weight excluding hydrogens is 264 g/mol. The number of esters is 1. The minimum Gasteiger partial charge on any atom is -0.466 e. The molecule has 0 N–H and O–H groups in total. The summed E-state index contributed by atoms with van der Waals surface area (Å²) < 4.78 is 10.4. The summed E-state index contributed by atoms with van der Waals surface area (Å²) in [4.78, 5) is 11.5. The van der Waals surface area contributed by atoms with Gasteiger partial charge in [0.15, 0.2) is 0 Å². The van der Waals surface area contributed by atoms with E-state index in [1.54, 1.807) is 6.08 Å². The van der Waals surface area contributed by atoms with Gasteiger partial charge in [0.05, 0.1) is 13.2 Å². The first-order chi connectivity index (χ1) is 10.3. The van der Waals surface area contributed by atoms with E-state index < -0.39 is 0 Å². The number of carbonyl (C=O) groups excluding carboxylic acids is 1. The third-order valence-corrected chi connectivity index (χ3v) is 3.22.